The van der Waals surface area contributed by atoms with E-state index < -0.39 is 6.04 Å². The smallest absolute Gasteiger partial charge is 0.325 e. The van der Waals surface area contributed by atoms with Gasteiger partial charge in [-0.25, -0.2) is 0 Å². The fourth-order valence-corrected chi connectivity index (χ4v) is 2.21. The Morgan fingerprint density at radius 2 is 2.05 bits per heavy atom. The van der Waals surface area contributed by atoms with Gasteiger partial charge in [-0.05, 0) is 19.4 Å². The predicted molar refractivity (Wildman–Crippen MR) is 73.5 cm³/mol. The summed E-state index contributed by atoms with van der Waals surface area (Å²) in [6.45, 7) is 5.17. The number of benzene rings is 1. The third-order valence-corrected chi connectivity index (χ3v) is 3.11. The van der Waals surface area contributed by atoms with Gasteiger partial charge in [0.15, 0.2) is 6.29 Å². The van der Waals surface area contributed by atoms with Crippen LogP contribution >= 0.6 is 0 Å². The molecule has 1 fully saturated rings. The van der Waals surface area contributed by atoms with Crippen LogP contribution in [-0.2, 0) is 25.7 Å². The molecule has 5 nitrogen and oxygen atoms in total. The van der Waals surface area contributed by atoms with E-state index in [1.807, 2.05) is 37.3 Å². The van der Waals surface area contributed by atoms with Crippen LogP contribution in [-0.4, -0.2) is 36.6 Å². The van der Waals surface area contributed by atoms with Gasteiger partial charge in [-0.1, -0.05) is 30.3 Å². The number of carbonyl (C=O) groups excluding carboxylic acids is 1. The van der Waals surface area contributed by atoms with Crippen LogP contribution in [0.25, 0.3) is 0 Å². The Labute approximate surface area is 119 Å². The van der Waals surface area contributed by atoms with E-state index in [9.17, 15) is 4.79 Å². The van der Waals surface area contributed by atoms with Crippen molar-refractivity contribution < 1.29 is 19.1 Å². The largest absolute Gasteiger partial charge is 0.465 e. The van der Waals surface area contributed by atoms with Crippen molar-refractivity contribution in [3.05, 3.63) is 35.9 Å². The number of nitrogens with zero attached hydrogens (tertiary/aromatic N) is 1. The van der Waals surface area contributed by atoms with Gasteiger partial charge in [-0.3, -0.25) is 9.63 Å². The Morgan fingerprint density at radius 1 is 1.30 bits per heavy atom. The van der Waals surface area contributed by atoms with Crippen LogP contribution < -0.4 is 0 Å². The highest BCUT2D eigenvalue weighted by Crippen LogP contribution is 2.25. The Morgan fingerprint density at radius 3 is 2.70 bits per heavy atom. The van der Waals surface area contributed by atoms with E-state index in [2.05, 4.69) is 0 Å². The molecule has 1 aliphatic heterocycles. The van der Waals surface area contributed by atoms with Crippen molar-refractivity contribution in [1.29, 1.82) is 0 Å². The average Bonchev–Trinajstić information content (AvgIpc) is 2.83. The molecule has 0 radical (unpaired) electrons. The summed E-state index contributed by atoms with van der Waals surface area (Å²) in [6.07, 6.45) is 0.123. The molecule has 2 atom stereocenters. The fraction of sp³-hybridized carbons (Fsp3) is 0.533. The van der Waals surface area contributed by atoms with Crippen LogP contribution in [0.3, 0.4) is 0 Å². The molecule has 5 heteroatoms. The molecule has 0 aromatic heterocycles. The minimum atomic E-state index is -0.410. The zero-order chi connectivity index (χ0) is 14.4. The zero-order valence-corrected chi connectivity index (χ0v) is 12.0. The van der Waals surface area contributed by atoms with Crippen molar-refractivity contribution in [2.45, 2.75) is 39.1 Å². The van der Waals surface area contributed by atoms with Crippen molar-refractivity contribution in [2.75, 3.05) is 13.2 Å². The van der Waals surface area contributed by atoms with Gasteiger partial charge >= 0.3 is 5.97 Å². The topological polar surface area (TPSA) is 48.0 Å². The zero-order valence-electron chi connectivity index (χ0n) is 12.0. The van der Waals surface area contributed by atoms with Gasteiger partial charge in [0.2, 0.25) is 0 Å². The lowest BCUT2D eigenvalue weighted by molar-refractivity contribution is -0.243. The highest BCUT2D eigenvalue weighted by molar-refractivity contribution is 5.75. The van der Waals surface area contributed by atoms with Crippen molar-refractivity contribution in [2.24, 2.45) is 0 Å². The summed E-state index contributed by atoms with van der Waals surface area (Å²) in [5, 5.41) is 1.66. The summed E-state index contributed by atoms with van der Waals surface area (Å²) in [7, 11) is 0. The third kappa shape index (κ3) is 3.79. The quantitative estimate of drug-likeness (QED) is 0.746. The first kappa shape index (κ1) is 15.0. The molecule has 0 saturated carbocycles. The number of ether oxygens (including phenoxy) is 2. The molecule has 0 aliphatic carbocycles. The summed E-state index contributed by atoms with van der Waals surface area (Å²) in [4.78, 5) is 17.7. The van der Waals surface area contributed by atoms with Gasteiger partial charge in [-0.15, -0.1) is 0 Å². The van der Waals surface area contributed by atoms with E-state index in [-0.39, 0.29) is 12.3 Å². The van der Waals surface area contributed by atoms with Crippen molar-refractivity contribution in [3.8, 4) is 0 Å². The van der Waals surface area contributed by atoms with Crippen LogP contribution in [0.1, 0.15) is 25.8 Å². The maximum Gasteiger partial charge on any atom is 0.325 e. The van der Waals surface area contributed by atoms with Crippen molar-refractivity contribution >= 4 is 5.97 Å². The van der Waals surface area contributed by atoms with Crippen molar-refractivity contribution in [3.63, 3.8) is 0 Å². The fourth-order valence-electron chi connectivity index (χ4n) is 2.21. The molecule has 0 spiro atoms. The van der Waals surface area contributed by atoms with Crippen LogP contribution in [0.2, 0.25) is 0 Å². The predicted octanol–water partition coefficient (Wildman–Crippen LogP) is 2.12. The standard InChI is InChI=1S/C15H21NO4/c1-3-18-14-10-13(15(17)19-4-2)16(20-14)11-12-8-6-5-7-9-12/h5-9,13-14H,3-4,10-11H2,1-2H3/t13-,14-/m0/s1. The monoisotopic (exact) mass is 279 g/mol. The minimum absolute atomic E-state index is 0.259. The van der Waals surface area contributed by atoms with Crippen LogP contribution in [0.15, 0.2) is 30.3 Å². The van der Waals surface area contributed by atoms with E-state index in [1.54, 1.807) is 12.0 Å². The SMILES string of the molecule is CCOC(=O)[C@@H]1C[C@@H](OCC)ON1Cc1ccccc1. The normalized spacial score (nSPS) is 22.9. The Kier molecular flexibility index (Phi) is 5.52. The van der Waals surface area contributed by atoms with E-state index in [0.29, 0.717) is 26.2 Å². The lowest BCUT2D eigenvalue weighted by atomic mass is 10.2. The molecule has 2 rings (SSSR count). The summed E-state index contributed by atoms with van der Waals surface area (Å²) >= 11 is 0. The maximum absolute atomic E-state index is 12.0. The summed E-state index contributed by atoms with van der Waals surface area (Å²) in [6, 6.07) is 9.47. The molecular formula is C15H21NO4. The van der Waals surface area contributed by atoms with E-state index in [1.165, 1.54) is 0 Å². The Balaban J connectivity index is 2.04. The second kappa shape index (κ2) is 7.38. The van der Waals surface area contributed by atoms with Gasteiger partial charge in [0, 0.05) is 13.0 Å². The van der Waals surface area contributed by atoms with E-state index in [0.717, 1.165) is 5.56 Å². The van der Waals surface area contributed by atoms with Crippen LogP contribution in [0.4, 0.5) is 0 Å². The molecule has 20 heavy (non-hydrogen) atoms. The molecule has 0 unspecified atom stereocenters. The van der Waals surface area contributed by atoms with Crippen LogP contribution in [0, 0.1) is 0 Å². The Hall–Kier alpha value is -1.43. The van der Waals surface area contributed by atoms with Gasteiger partial charge in [0.25, 0.3) is 0 Å². The third-order valence-electron chi connectivity index (χ3n) is 3.11. The highest BCUT2D eigenvalue weighted by Gasteiger charge is 2.39. The number of hydroxylamine groups is 2. The first-order valence-electron chi connectivity index (χ1n) is 7.00. The second-order valence-corrected chi connectivity index (χ2v) is 4.55. The molecule has 1 saturated heterocycles. The summed E-state index contributed by atoms with van der Waals surface area (Å²) in [5.41, 5.74) is 1.08. The lowest BCUT2D eigenvalue weighted by Crippen LogP contribution is -2.36. The molecule has 1 aromatic rings. The highest BCUT2D eigenvalue weighted by atomic mass is 16.8. The lowest BCUT2D eigenvalue weighted by Gasteiger charge is -2.20. The maximum atomic E-state index is 12.0. The molecule has 1 heterocycles. The molecule has 0 amide bonds. The number of carbonyl (C=O) groups is 1. The molecule has 0 bridgehead atoms. The van der Waals surface area contributed by atoms with E-state index in [4.69, 9.17) is 14.3 Å². The van der Waals surface area contributed by atoms with Gasteiger partial charge < -0.3 is 9.47 Å². The van der Waals surface area contributed by atoms with Crippen molar-refractivity contribution in [1.82, 2.24) is 5.06 Å². The molecule has 1 aromatic carbocycles. The molecule has 1 aliphatic rings. The average molecular weight is 279 g/mol. The second-order valence-electron chi connectivity index (χ2n) is 4.55. The van der Waals surface area contributed by atoms with Crippen LogP contribution in [0.5, 0.6) is 0 Å². The number of rotatable bonds is 6. The Bertz CT molecular complexity index is 423. The molecule has 0 N–H and O–H groups in total. The summed E-state index contributed by atoms with van der Waals surface area (Å²) in [5.74, 6) is -0.259. The van der Waals surface area contributed by atoms with Gasteiger partial charge in [-0.2, -0.15) is 5.06 Å². The molecular weight excluding hydrogens is 258 g/mol. The van der Waals surface area contributed by atoms with Gasteiger partial charge in [0.1, 0.15) is 6.04 Å². The van der Waals surface area contributed by atoms with E-state index >= 15 is 0 Å². The first-order chi connectivity index (χ1) is 9.74. The number of hydrogen-bond acceptors (Lipinski definition) is 5. The molecule has 110 valence electrons. The number of hydrogen-bond donors (Lipinski definition) is 0. The summed E-state index contributed by atoms with van der Waals surface area (Å²) < 4.78 is 10.6. The first-order valence-corrected chi connectivity index (χ1v) is 7.00. The van der Waals surface area contributed by atoms with Gasteiger partial charge in [0.05, 0.1) is 13.2 Å². The number of esters is 1. The minimum Gasteiger partial charge on any atom is -0.465 e.